The molecule has 3 N–H and O–H groups in total. The molecule has 0 radical (unpaired) electrons. The van der Waals surface area contributed by atoms with E-state index in [1.807, 2.05) is 0 Å². The van der Waals surface area contributed by atoms with Crippen LogP contribution in [0.5, 0.6) is 0 Å². The fraction of sp³-hybridized carbons (Fsp3) is 0.462. The highest BCUT2D eigenvalue weighted by Gasteiger charge is 2.42. The van der Waals surface area contributed by atoms with E-state index in [4.69, 9.17) is 10.8 Å². The molecule has 116 valence electrons. The normalized spacial score (nSPS) is 19.6. The van der Waals surface area contributed by atoms with Crippen molar-refractivity contribution in [2.45, 2.75) is 19.0 Å². The van der Waals surface area contributed by atoms with E-state index in [0.717, 1.165) is 12.1 Å². The van der Waals surface area contributed by atoms with Crippen LogP contribution in [0.4, 0.5) is 28.9 Å². The standard InChI is InChI=1S/C13H14F4N2O2/c14-9-5-11(10(18)4-8(9)12(20)21)19-3-1-2-7(6-19)13(15,16)17/h4-5,7H,1-3,6,18H2,(H,20,21). The van der Waals surface area contributed by atoms with Gasteiger partial charge in [0.2, 0.25) is 0 Å². The molecule has 1 aromatic rings. The summed E-state index contributed by atoms with van der Waals surface area (Å²) >= 11 is 0. The molecule has 8 heteroatoms. The summed E-state index contributed by atoms with van der Waals surface area (Å²) in [5.74, 6) is -3.98. The fourth-order valence-electron chi connectivity index (χ4n) is 2.48. The molecule has 1 fully saturated rings. The summed E-state index contributed by atoms with van der Waals surface area (Å²) in [6.45, 7) is 0.0161. The SMILES string of the molecule is Nc1cc(C(=O)O)c(F)cc1N1CCCC(C(F)(F)F)C1. The number of hydrogen-bond acceptors (Lipinski definition) is 3. The molecule has 1 aliphatic rings. The molecule has 1 atom stereocenters. The van der Waals surface area contributed by atoms with Gasteiger partial charge in [-0.2, -0.15) is 13.2 Å². The average molecular weight is 306 g/mol. The summed E-state index contributed by atoms with van der Waals surface area (Å²) < 4.78 is 52.0. The number of aromatic carboxylic acids is 1. The first-order valence-corrected chi connectivity index (χ1v) is 6.34. The Kier molecular flexibility index (Phi) is 3.97. The van der Waals surface area contributed by atoms with Crippen LogP contribution < -0.4 is 10.6 Å². The second kappa shape index (κ2) is 5.42. The summed E-state index contributed by atoms with van der Waals surface area (Å²) in [7, 11) is 0. The van der Waals surface area contributed by atoms with Gasteiger partial charge in [-0.1, -0.05) is 0 Å². The molecule has 0 amide bonds. The summed E-state index contributed by atoms with van der Waals surface area (Å²) in [5.41, 5.74) is 5.12. The molecule has 1 aliphatic heterocycles. The second-order valence-corrected chi connectivity index (χ2v) is 5.02. The number of anilines is 2. The van der Waals surface area contributed by atoms with E-state index < -0.39 is 29.4 Å². The molecule has 0 saturated carbocycles. The zero-order chi connectivity index (χ0) is 15.8. The zero-order valence-corrected chi connectivity index (χ0v) is 11.0. The van der Waals surface area contributed by atoms with Crippen molar-refractivity contribution in [3.63, 3.8) is 0 Å². The number of piperidine rings is 1. The van der Waals surface area contributed by atoms with Crippen molar-refractivity contribution in [3.05, 3.63) is 23.5 Å². The summed E-state index contributed by atoms with van der Waals surface area (Å²) in [6.07, 6.45) is -3.98. The Morgan fingerprint density at radius 2 is 2.05 bits per heavy atom. The van der Waals surface area contributed by atoms with Gasteiger partial charge in [-0.3, -0.25) is 0 Å². The minimum atomic E-state index is -4.31. The van der Waals surface area contributed by atoms with Gasteiger partial charge in [-0.15, -0.1) is 0 Å². The first-order chi connectivity index (χ1) is 9.70. The Balaban J connectivity index is 2.30. The summed E-state index contributed by atoms with van der Waals surface area (Å²) in [4.78, 5) is 12.1. The predicted octanol–water partition coefficient (Wildman–Crippen LogP) is 2.88. The highest BCUT2D eigenvalue weighted by molar-refractivity contribution is 5.91. The molecule has 21 heavy (non-hydrogen) atoms. The number of carboxylic acid groups (broad SMARTS) is 1. The van der Waals surface area contributed by atoms with Crippen molar-refractivity contribution in [1.82, 2.24) is 0 Å². The lowest BCUT2D eigenvalue weighted by Crippen LogP contribution is -2.42. The third-order valence-electron chi connectivity index (χ3n) is 3.57. The van der Waals surface area contributed by atoms with Crippen LogP contribution in [0.25, 0.3) is 0 Å². The number of nitrogens with two attached hydrogens (primary N) is 1. The maximum Gasteiger partial charge on any atom is 0.393 e. The molecule has 0 aromatic heterocycles. The summed E-state index contributed by atoms with van der Waals surface area (Å²) in [5, 5.41) is 8.78. The number of carboxylic acids is 1. The van der Waals surface area contributed by atoms with Gasteiger partial charge in [0.25, 0.3) is 0 Å². The maximum atomic E-state index is 13.7. The van der Waals surface area contributed by atoms with Crippen LogP contribution in [0.1, 0.15) is 23.2 Å². The Morgan fingerprint density at radius 3 is 2.62 bits per heavy atom. The van der Waals surface area contributed by atoms with E-state index >= 15 is 0 Å². The highest BCUT2D eigenvalue weighted by atomic mass is 19.4. The van der Waals surface area contributed by atoms with Gasteiger partial charge in [-0.25, -0.2) is 9.18 Å². The number of alkyl halides is 3. The Labute approximate surface area is 118 Å². The number of hydrogen-bond donors (Lipinski definition) is 2. The van der Waals surface area contributed by atoms with Crippen LogP contribution in [-0.2, 0) is 0 Å². The molecular weight excluding hydrogens is 292 g/mol. The zero-order valence-electron chi connectivity index (χ0n) is 11.0. The molecule has 4 nitrogen and oxygen atoms in total. The van der Waals surface area contributed by atoms with Gasteiger partial charge in [0, 0.05) is 19.2 Å². The minimum absolute atomic E-state index is 0.0234. The topological polar surface area (TPSA) is 66.6 Å². The van der Waals surface area contributed by atoms with E-state index in [-0.39, 0.29) is 24.3 Å². The number of rotatable bonds is 2. The Hall–Kier alpha value is -1.99. The van der Waals surface area contributed by atoms with Crippen LogP contribution in [0.15, 0.2) is 12.1 Å². The Morgan fingerprint density at radius 1 is 1.38 bits per heavy atom. The van der Waals surface area contributed by atoms with Crippen LogP contribution in [-0.4, -0.2) is 30.3 Å². The predicted molar refractivity (Wildman–Crippen MR) is 68.8 cm³/mol. The largest absolute Gasteiger partial charge is 0.478 e. The third-order valence-corrected chi connectivity index (χ3v) is 3.57. The number of nitrogen functional groups attached to an aromatic ring is 1. The van der Waals surface area contributed by atoms with Gasteiger partial charge in [0.05, 0.1) is 22.9 Å². The number of halogens is 4. The number of nitrogens with zero attached hydrogens (tertiary/aromatic N) is 1. The second-order valence-electron chi connectivity index (χ2n) is 5.02. The van der Waals surface area contributed by atoms with Gasteiger partial charge >= 0.3 is 12.1 Å². The smallest absolute Gasteiger partial charge is 0.393 e. The molecule has 1 saturated heterocycles. The average Bonchev–Trinajstić information content (AvgIpc) is 2.40. The fourth-order valence-corrected chi connectivity index (χ4v) is 2.48. The maximum absolute atomic E-state index is 13.7. The van der Waals surface area contributed by atoms with E-state index in [9.17, 15) is 22.4 Å². The van der Waals surface area contributed by atoms with E-state index in [2.05, 4.69) is 0 Å². The van der Waals surface area contributed by atoms with Crippen molar-refractivity contribution in [3.8, 4) is 0 Å². The van der Waals surface area contributed by atoms with Crippen LogP contribution in [0.3, 0.4) is 0 Å². The first-order valence-electron chi connectivity index (χ1n) is 6.34. The molecule has 0 spiro atoms. The van der Waals surface area contributed by atoms with Crippen molar-refractivity contribution in [2.24, 2.45) is 5.92 Å². The third kappa shape index (κ3) is 3.20. The lowest BCUT2D eigenvalue weighted by atomic mass is 9.96. The molecule has 0 bridgehead atoms. The van der Waals surface area contributed by atoms with Crippen LogP contribution >= 0.6 is 0 Å². The molecule has 1 unspecified atom stereocenters. The molecule has 1 aromatic carbocycles. The molecule has 2 rings (SSSR count). The number of carbonyl (C=O) groups is 1. The monoisotopic (exact) mass is 306 g/mol. The van der Waals surface area contributed by atoms with Crippen molar-refractivity contribution in [1.29, 1.82) is 0 Å². The Bertz CT molecular complexity index is 560. The molecular formula is C13H14F4N2O2. The molecule has 1 heterocycles. The van der Waals surface area contributed by atoms with Crippen molar-refractivity contribution < 1.29 is 27.5 Å². The van der Waals surface area contributed by atoms with E-state index in [1.54, 1.807) is 0 Å². The minimum Gasteiger partial charge on any atom is -0.478 e. The lowest BCUT2D eigenvalue weighted by molar-refractivity contribution is -0.175. The highest BCUT2D eigenvalue weighted by Crippen LogP contribution is 2.36. The molecule has 0 aliphatic carbocycles. The quantitative estimate of drug-likeness (QED) is 0.651. The van der Waals surface area contributed by atoms with Gasteiger partial charge in [0.15, 0.2) is 0 Å². The van der Waals surface area contributed by atoms with Crippen LogP contribution in [0, 0.1) is 11.7 Å². The van der Waals surface area contributed by atoms with Crippen molar-refractivity contribution >= 4 is 17.3 Å². The first kappa shape index (κ1) is 15.4. The number of benzene rings is 1. The van der Waals surface area contributed by atoms with Gasteiger partial charge in [-0.05, 0) is 18.9 Å². The van der Waals surface area contributed by atoms with E-state index in [0.29, 0.717) is 13.0 Å². The van der Waals surface area contributed by atoms with E-state index in [1.165, 1.54) is 4.90 Å². The van der Waals surface area contributed by atoms with Gasteiger partial charge in [0.1, 0.15) is 5.82 Å². The van der Waals surface area contributed by atoms with Gasteiger partial charge < -0.3 is 15.7 Å². The van der Waals surface area contributed by atoms with Crippen molar-refractivity contribution in [2.75, 3.05) is 23.7 Å². The van der Waals surface area contributed by atoms with Crippen LogP contribution in [0.2, 0.25) is 0 Å². The lowest BCUT2D eigenvalue weighted by Gasteiger charge is -2.35. The summed E-state index contributed by atoms with van der Waals surface area (Å²) in [6, 6.07) is 1.82.